The van der Waals surface area contributed by atoms with Crippen LogP contribution in [0.5, 0.6) is 23.0 Å². The van der Waals surface area contributed by atoms with Crippen molar-refractivity contribution < 1.29 is 23.9 Å². The van der Waals surface area contributed by atoms with Gasteiger partial charge in [0.1, 0.15) is 0 Å². The number of ether oxygens (including phenoxy) is 4. The van der Waals surface area contributed by atoms with E-state index in [1.54, 1.807) is 0 Å². The van der Waals surface area contributed by atoms with Gasteiger partial charge in [0.25, 0.3) is 0 Å². The van der Waals surface area contributed by atoms with Gasteiger partial charge in [0.15, 0.2) is 29.2 Å². The molecule has 0 amide bonds. The zero-order valence-corrected chi connectivity index (χ0v) is 19.2. The molecule has 5 heteroatoms. The summed E-state index contributed by atoms with van der Waals surface area (Å²) in [5, 5.41) is 5.42. The fraction of sp³-hybridized carbons (Fsp3) is 0.0645. The number of nitrogens with one attached hydrogen (secondary N) is 1. The highest BCUT2D eigenvalue weighted by Gasteiger charge is 2.26. The molecule has 8 rings (SSSR count). The standard InChI is InChI=1S/C31H19NO4/c1-2-4-18(5-3-1)19-6-8-20(9-7-19)28-22-10-11-23-21-12-13-26-30(35-16-33-26)25(21)15-32-29(23)24(22)14-27-31(28)36-17-34-27/h1-15H,16-17H2/p+1. The maximum atomic E-state index is 5.98. The molecule has 172 valence electrons. The van der Waals surface area contributed by atoms with E-state index in [0.717, 1.165) is 66.6 Å². The fourth-order valence-corrected chi connectivity index (χ4v) is 5.47. The molecule has 0 aliphatic carbocycles. The minimum absolute atomic E-state index is 0.217. The lowest BCUT2D eigenvalue weighted by Crippen LogP contribution is -2.04. The molecule has 0 spiro atoms. The lowest BCUT2D eigenvalue weighted by Gasteiger charge is -2.12. The second-order valence-electron chi connectivity index (χ2n) is 9.06. The third kappa shape index (κ3) is 2.74. The van der Waals surface area contributed by atoms with Crippen LogP contribution in [-0.4, -0.2) is 13.6 Å². The predicted octanol–water partition coefficient (Wildman–Crippen LogP) is 6.75. The predicted molar refractivity (Wildman–Crippen MR) is 139 cm³/mol. The minimum Gasteiger partial charge on any atom is -0.454 e. The summed E-state index contributed by atoms with van der Waals surface area (Å²) >= 11 is 0. The SMILES string of the molecule is c1ccc(-c2ccc(-c3c4c(cc5c3ccc3c6ccc7c(c6c[nH+]c53)OCO7)OCO4)cc2)cc1. The monoisotopic (exact) mass is 470 g/mol. The Bertz CT molecular complexity index is 1830. The molecule has 1 aromatic heterocycles. The summed E-state index contributed by atoms with van der Waals surface area (Å²) in [6, 6.07) is 29.6. The molecule has 0 saturated heterocycles. The molecule has 0 saturated carbocycles. The largest absolute Gasteiger partial charge is 0.454 e. The molecular weight excluding hydrogens is 450 g/mol. The topological polar surface area (TPSA) is 51.1 Å². The van der Waals surface area contributed by atoms with E-state index in [-0.39, 0.29) is 13.6 Å². The average Bonchev–Trinajstić information content (AvgIpc) is 3.61. The summed E-state index contributed by atoms with van der Waals surface area (Å²) in [4.78, 5) is 3.54. The van der Waals surface area contributed by atoms with Crippen LogP contribution in [0.4, 0.5) is 0 Å². The van der Waals surface area contributed by atoms with E-state index in [9.17, 15) is 0 Å². The van der Waals surface area contributed by atoms with Crippen molar-refractivity contribution >= 4 is 32.4 Å². The van der Waals surface area contributed by atoms with Gasteiger partial charge in [0.05, 0.1) is 16.2 Å². The molecule has 0 bridgehead atoms. The fourth-order valence-electron chi connectivity index (χ4n) is 5.47. The second-order valence-corrected chi connectivity index (χ2v) is 9.06. The number of fused-ring (bicyclic) bond motifs is 8. The van der Waals surface area contributed by atoms with E-state index >= 15 is 0 Å². The highest BCUT2D eigenvalue weighted by Crippen LogP contribution is 2.48. The summed E-state index contributed by atoms with van der Waals surface area (Å²) < 4.78 is 23.2. The molecule has 0 radical (unpaired) electrons. The first kappa shape index (κ1) is 19.5. The van der Waals surface area contributed by atoms with Crippen molar-refractivity contribution in [1.82, 2.24) is 0 Å². The molecule has 1 N–H and O–H groups in total. The molecule has 36 heavy (non-hydrogen) atoms. The van der Waals surface area contributed by atoms with Crippen LogP contribution in [-0.2, 0) is 0 Å². The number of hydrogen-bond acceptors (Lipinski definition) is 4. The lowest BCUT2D eigenvalue weighted by molar-refractivity contribution is -0.341. The zero-order chi connectivity index (χ0) is 23.6. The lowest BCUT2D eigenvalue weighted by atomic mass is 9.93. The van der Waals surface area contributed by atoms with Gasteiger partial charge in [-0.2, -0.15) is 0 Å². The third-order valence-electron chi connectivity index (χ3n) is 7.17. The molecule has 2 aliphatic heterocycles. The van der Waals surface area contributed by atoms with Gasteiger partial charge in [-0.1, -0.05) is 60.7 Å². The number of aromatic amines is 1. The van der Waals surface area contributed by atoms with Crippen molar-refractivity contribution in [2.24, 2.45) is 0 Å². The average molecular weight is 471 g/mol. The van der Waals surface area contributed by atoms with Gasteiger partial charge >= 0.3 is 0 Å². The molecule has 0 atom stereocenters. The van der Waals surface area contributed by atoms with E-state index in [0.29, 0.717) is 0 Å². The highest BCUT2D eigenvalue weighted by molar-refractivity contribution is 6.18. The molecule has 6 aromatic rings. The first-order valence-corrected chi connectivity index (χ1v) is 11.9. The molecule has 5 aromatic carbocycles. The van der Waals surface area contributed by atoms with Crippen LogP contribution < -0.4 is 23.9 Å². The van der Waals surface area contributed by atoms with Gasteiger partial charge in [0, 0.05) is 16.3 Å². The van der Waals surface area contributed by atoms with E-state index in [1.807, 2.05) is 18.3 Å². The van der Waals surface area contributed by atoms with Crippen molar-refractivity contribution in [1.29, 1.82) is 0 Å². The number of hydrogen-bond donors (Lipinski definition) is 0. The maximum Gasteiger partial charge on any atom is 0.231 e. The Morgan fingerprint density at radius 3 is 2.06 bits per heavy atom. The second kappa shape index (κ2) is 7.36. The van der Waals surface area contributed by atoms with Gasteiger partial charge in [0.2, 0.25) is 19.1 Å². The Labute approximate surface area is 206 Å². The van der Waals surface area contributed by atoms with Gasteiger partial charge < -0.3 is 18.9 Å². The van der Waals surface area contributed by atoms with E-state index in [1.165, 1.54) is 11.1 Å². The Morgan fingerprint density at radius 2 is 1.19 bits per heavy atom. The minimum atomic E-state index is 0.217. The van der Waals surface area contributed by atoms with Gasteiger partial charge in [-0.05, 0) is 41.0 Å². The molecule has 2 aliphatic rings. The Hall–Kier alpha value is -4.77. The van der Waals surface area contributed by atoms with Crippen LogP contribution >= 0.6 is 0 Å². The van der Waals surface area contributed by atoms with Gasteiger partial charge in [-0.15, -0.1) is 0 Å². The molecule has 5 nitrogen and oxygen atoms in total. The first-order chi connectivity index (χ1) is 17.8. The zero-order valence-electron chi connectivity index (χ0n) is 19.2. The molecule has 0 fully saturated rings. The summed E-state index contributed by atoms with van der Waals surface area (Å²) in [7, 11) is 0. The van der Waals surface area contributed by atoms with E-state index in [4.69, 9.17) is 18.9 Å². The molecular formula is C31H20NO4+. The van der Waals surface area contributed by atoms with Crippen molar-refractivity contribution in [3.05, 3.63) is 91.1 Å². The molecule has 0 unspecified atom stereocenters. The van der Waals surface area contributed by atoms with Crippen LogP contribution in [0.25, 0.3) is 54.7 Å². The van der Waals surface area contributed by atoms with Crippen LogP contribution in [0.3, 0.4) is 0 Å². The van der Waals surface area contributed by atoms with E-state index < -0.39 is 0 Å². The van der Waals surface area contributed by atoms with Crippen molar-refractivity contribution in [3.8, 4) is 45.3 Å². The summed E-state index contributed by atoms with van der Waals surface area (Å²) in [6.45, 7) is 0.467. The van der Waals surface area contributed by atoms with Crippen molar-refractivity contribution in [3.63, 3.8) is 0 Å². The molecule has 3 heterocycles. The smallest absolute Gasteiger partial charge is 0.231 e. The van der Waals surface area contributed by atoms with Crippen LogP contribution in [0, 0.1) is 0 Å². The van der Waals surface area contributed by atoms with Gasteiger partial charge in [-0.25, -0.2) is 4.98 Å². The van der Waals surface area contributed by atoms with Crippen molar-refractivity contribution in [2.75, 3.05) is 13.6 Å². The van der Waals surface area contributed by atoms with E-state index in [2.05, 4.69) is 77.8 Å². The van der Waals surface area contributed by atoms with Crippen LogP contribution in [0.15, 0.2) is 91.1 Å². The Balaban J connectivity index is 1.37. The normalized spacial score (nSPS) is 13.7. The summed E-state index contributed by atoms with van der Waals surface area (Å²) in [6.07, 6.45) is 2.00. The summed E-state index contributed by atoms with van der Waals surface area (Å²) in [5.41, 5.74) is 5.54. The number of rotatable bonds is 2. The highest BCUT2D eigenvalue weighted by atomic mass is 16.7. The van der Waals surface area contributed by atoms with Gasteiger partial charge in [-0.3, -0.25) is 0 Å². The maximum absolute atomic E-state index is 5.98. The number of pyridine rings is 1. The number of H-pyrrole nitrogens is 1. The van der Waals surface area contributed by atoms with Crippen LogP contribution in [0.1, 0.15) is 0 Å². The summed E-state index contributed by atoms with van der Waals surface area (Å²) in [5.74, 6) is 3.12. The quantitative estimate of drug-likeness (QED) is 0.263. The Kier molecular flexibility index (Phi) is 3.99. The van der Waals surface area contributed by atoms with Crippen LogP contribution in [0.2, 0.25) is 0 Å². The third-order valence-corrected chi connectivity index (χ3v) is 7.17. The number of aromatic nitrogens is 1. The number of benzene rings is 5. The van der Waals surface area contributed by atoms with Crippen molar-refractivity contribution in [2.45, 2.75) is 0 Å². The first-order valence-electron chi connectivity index (χ1n) is 11.9. The Morgan fingerprint density at radius 1 is 0.500 bits per heavy atom.